The zero-order valence-corrected chi connectivity index (χ0v) is 13.8. The highest BCUT2D eigenvalue weighted by atomic mass is 35.5. The maximum Gasteiger partial charge on any atom is 0.267 e. The van der Waals surface area contributed by atoms with Gasteiger partial charge in [0.15, 0.2) is 0 Å². The number of nitrogens with zero attached hydrogens (tertiary/aromatic N) is 4. The minimum Gasteiger partial charge on any atom is -0.379 e. The van der Waals surface area contributed by atoms with E-state index < -0.39 is 5.91 Å². The van der Waals surface area contributed by atoms with Gasteiger partial charge in [0, 0.05) is 38.8 Å². The molecule has 1 aromatic heterocycles. The number of piperidine rings is 1. The van der Waals surface area contributed by atoms with E-state index in [9.17, 15) is 4.79 Å². The zero-order chi connectivity index (χ0) is 16.2. The fourth-order valence-electron chi connectivity index (χ4n) is 3.27. The monoisotopic (exact) mass is 339 g/mol. The molecule has 3 rings (SSSR count). The normalized spacial score (nSPS) is 23.0. The predicted molar refractivity (Wildman–Crippen MR) is 87.8 cm³/mol. The van der Waals surface area contributed by atoms with Crippen molar-refractivity contribution in [2.75, 3.05) is 50.8 Å². The van der Waals surface area contributed by atoms with E-state index in [0.29, 0.717) is 11.7 Å². The minimum absolute atomic E-state index is 0.0617. The third-order valence-electron chi connectivity index (χ3n) is 4.40. The third kappa shape index (κ3) is 4.31. The lowest BCUT2D eigenvalue weighted by atomic mass is 9.97. The van der Waals surface area contributed by atoms with Crippen LogP contribution in [0.1, 0.15) is 23.3 Å². The number of nitrogens with two attached hydrogens (primary N) is 1. The molecular weight excluding hydrogens is 318 g/mol. The lowest BCUT2D eigenvalue weighted by Gasteiger charge is -2.37. The second-order valence-electron chi connectivity index (χ2n) is 6.11. The van der Waals surface area contributed by atoms with E-state index in [1.165, 1.54) is 6.42 Å². The first kappa shape index (κ1) is 16.4. The van der Waals surface area contributed by atoms with Crippen molar-refractivity contribution >= 4 is 23.3 Å². The summed E-state index contributed by atoms with van der Waals surface area (Å²) in [6.45, 7) is 6.53. The summed E-state index contributed by atoms with van der Waals surface area (Å²) in [6.07, 6.45) is 2.30. The van der Waals surface area contributed by atoms with E-state index in [1.807, 2.05) is 0 Å². The highest BCUT2D eigenvalue weighted by Gasteiger charge is 2.24. The number of carbonyl (C=O) groups excluding carboxylic acids is 1. The molecule has 1 amide bonds. The highest BCUT2D eigenvalue weighted by Crippen LogP contribution is 2.24. The van der Waals surface area contributed by atoms with Crippen molar-refractivity contribution in [1.82, 2.24) is 14.9 Å². The van der Waals surface area contributed by atoms with E-state index in [-0.39, 0.29) is 11.0 Å². The van der Waals surface area contributed by atoms with Crippen LogP contribution in [0, 0.1) is 5.92 Å². The standard InChI is InChI=1S/C15H22ClN5O2/c16-15-18-12(14(17)22)8-13(19-15)21-3-1-2-11(10-21)9-20-4-6-23-7-5-20/h8,11H,1-7,9-10H2,(H2,17,22)/t11-/m1/s1. The number of ether oxygens (including phenoxy) is 1. The Morgan fingerprint density at radius 2 is 2.13 bits per heavy atom. The molecular formula is C15H22ClN5O2. The minimum atomic E-state index is -0.586. The van der Waals surface area contributed by atoms with Crippen molar-refractivity contribution < 1.29 is 9.53 Å². The number of halogens is 1. The molecule has 1 atom stereocenters. The van der Waals surface area contributed by atoms with Crippen molar-refractivity contribution in [3.05, 3.63) is 17.0 Å². The molecule has 0 aromatic carbocycles. The molecule has 2 aliphatic rings. The van der Waals surface area contributed by atoms with Crippen molar-refractivity contribution in [2.45, 2.75) is 12.8 Å². The summed E-state index contributed by atoms with van der Waals surface area (Å²) in [7, 11) is 0. The number of hydrogen-bond acceptors (Lipinski definition) is 6. The second-order valence-corrected chi connectivity index (χ2v) is 6.45. The van der Waals surface area contributed by atoms with Gasteiger partial charge in [0.25, 0.3) is 5.91 Å². The maximum absolute atomic E-state index is 11.4. The molecule has 2 N–H and O–H groups in total. The molecule has 8 heteroatoms. The fraction of sp³-hybridized carbons (Fsp3) is 0.667. The topological polar surface area (TPSA) is 84.6 Å². The number of hydrogen-bond donors (Lipinski definition) is 1. The first-order chi connectivity index (χ1) is 11.1. The Bertz CT molecular complexity index is 565. The number of anilines is 1. The van der Waals surface area contributed by atoms with Crippen LogP contribution in [-0.2, 0) is 4.74 Å². The molecule has 0 saturated carbocycles. The van der Waals surface area contributed by atoms with Gasteiger partial charge in [-0.2, -0.15) is 0 Å². The second kappa shape index (κ2) is 7.42. The molecule has 23 heavy (non-hydrogen) atoms. The SMILES string of the molecule is NC(=O)c1cc(N2CCC[C@H](CN3CCOCC3)C2)nc(Cl)n1. The Labute approximate surface area is 140 Å². The maximum atomic E-state index is 11.4. The molecule has 1 aromatic rings. The Morgan fingerprint density at radius 3 is 2.87 bits per heavy atom. The van der Waals surface area contributed by atoms with Gasteiger partial charge >= 0.3 is 0 Å². The Morgan fingerprint density at radius 1 is 1.35 bits per heavy atom. The van der Waals surface area contributed by atoms with Gasteiger partial charge in [0.05, 0.1) is 13.2 Å². The van der Waals surface area contributed by atoms with E-state index in [4.69, 9.17) is 22.1 Å². The Kier molecular flexibility index (Phi) is 5.30. The molecule has 0 bridgehead atoms. The lowest BCUT2D eigenvalue weighted by Crippen LogP contribution is -2.44. The first-order valence-corrected chi connectivity index (χ1v) is 8.39. The largest absolute Gasteiger partial charge is 0.379 e. The van der Waals surface area contributed by atoms with Gasteiger partial charge in [0.2, 0.25) is 5.28 Å². The van der Waals surface area contributed by atoms with Crippen LogP contribution in [0.2, 0.25) is 5.28 Å². The van der Waals surface area contributed by atoms with Gasteiger partial charge in [0.1, 0.15) is 11.5 Å². The number of primary amides is 1. The zero-order valence-electron chi connectivity index (χ0n) is 13.1. The van der Waals surface area contributed by atoms with E-state index in [0.717, 1.165) is 52.4 Å². The highest BCUT2D eigenvalue weighted by molar-refractivity contribution is 6.28. The van der Waals surface area contributed by atoms with Crippen LogP contribution in [-0.4, -0.2) is 66.7 Å². The summed E-state index contributed by atoms with van der Waals surface area (Å²) in [5, 5.41) is 0.0617. The van der Waals surface area contributed by atoms with Crippen LogP contribution in [0.4, 0.5) is 5.82 Å². The fourth-order valence-corrected chi connectivity index (χ4v) is 3.44. The quantitative estimate of drug-likeness (QED) is 0.816. The summed E-state index contributed by atoms with van der Waals surface area (Å²) in [4.78, 5) is 24.1. The summed E-state index contributed by atoms with van der Waals surface area (Å²) in [5.74, 6) is 0.676. The van der Waals surface area contributed by atoms with Crippen LogP contribution in [0.25, 0.3) is 0 Å². The molecule has 7 nitrogen and oxygen atoms in total. The molecule has 0 radical (unpaired) electrons. The van der Waals surface area contributed by atoms with Crippen LogP contribution < -0.4 is 10.6 Å². The lowest BCUT2D eigenvalue weighted by molar-refractivity contribution is 0.0296. The van der Waals surface area contributed by atoms with Crippen LogP contribution in [0.3, 0.4) is 0 Å². The van der Waals surface area contributed by atoms with E-state index in [2.05, 4.69) is 19.8 Å². The summed E-state index contributed by atoms with van der Waals surface area (Å²) in [5.41, 5.74) is 5.47. The average Bonchev–Trinajstić information content (AvgIpc) is 2.55. The van der Waals surface area contributed by atoms with Gasteiger partial charge in [-0.25, -0.2) is 9.97 Å². The van der Waals surface area contributed by atoms with Gasteiger partial charge < -0.3 is 15.4 Å². The van der Waals surface area contributed by atoms with Crippen molar-refractivity contribution in [3.8, 4) is 0 Å². The van der Waals surface area contributed by atoms with E-state index >= 15 is 0 Å². The Hall–Kier alpha value is -1.44. The number of rotatable bonds is 4. The summed E-state index contributed by atoms with van der Waals surface area (Å²) in [6, 6.07) is 1.63. The summed E-state index contributed by atoms with van der Waals surface area (Å²) >= 11 is 5.93. The van der Waals surface area contributed by atoms with Gasteiger partial charge in [-0.1, -0.05) is 0 Å². The van der Waals surface area contributed by atoms with Crippen LogP contribution in [0.5, 0.6) is 0 Å². The van der Waals surface area contributed by atoms with Crippen LogP contribution in [0.15, 0.2) is 6.07 Å². The molecule has 2 aliphatic heterocycles. The van der Waals surface area contributed by atoms with Gasteiger partial charge in [-0.05, 0) is 30.4 Å². The molecule has 0 spiro atoms. The molecule has 126 valence electrons. The molecule has 0 aliphatic carbocycles. The smallest absolute Gasteiger partial charge is 0.267 e. The van der Waals surface area contributed by atoms with Crippen molar-refractivity contribution in [3.63, 3.8) is 0 Å². The number of aromatic nitrogens is 2. The molecule has 3 heterocycles. The predicted octanol–water partition coefficient (Wildman–Crippen LogP) is 0.778. The van der Waals surface area contributed by atoms with Crippen molar-refractivity contribution in [1.29, 1.82) is 0 Å². The Balaban J connectivity index is 1.67. The average molecular weight is 340 g/mol. The molecule has 2 saturated heterocycles. The number of carbonyl (C=O) groups is 1. The van der Waals surface area contributed by atoms with E-state index in [1.54, 1.807) is 6.07 Å². The molecule has 0 unspecified atom stereocenters. The third-order valence-corrected chi connectivity index (χ3v) is 4.57. The molecule has 2 fully saturated rings. The van der Waals surface area contributed by atoms with Crippen LogP contribution >= 0.6 is 11.6 Å². The number of amides is 1. The number of morpholine rings is 1. The summed E-state index contributed by atoms with van der Waals surface area (Å²) < 4.78 is 5.40. The first-order valence-electron chi connectivity index (χ1n) is 8.01. The van der Waals surface area contributed by atoms with Gasteiger partial charge in [-0.15, -0.1) is 0 Å². The van der Waals surface area contributed by atoms with Crippen molar-refractivity contribution in [2.24, 2.45) is 11.7 Å². The van der Waals surface area contributed by atoms with Gasteiger partial charge in [-0.3, -0.25) is 9.69 Å².